The van der Waals surface area contributed by atoms with Gasteiger partial charge >= 0.3 is 0 Å². The molecule has 0 bridgehead atoms. The summed E-state index contributed by atoms with van der Waals surface area (Å²) in [5, 5.41) is 14.7. The number of halogens is 3. The first kappa shape index (κ1) is 32.9. The second-order valence-corrected chi connectivity index (χ2v) is 11.5. The lowest BCUT2D eigenvalue weighted by Gasteiger charge is -2.40. The number of methoxy groups -OCH3 is 3. The number of ether oxygens (including phenoxy) is 3. The van der Waals surface area contributed by atoms with Gasteiger partial charge in [-0.1, -0.05) is 72.9 Å². The van der Waals surface area contributed by atoms with Gasteiger partial charge in [0.25, 0.3) is 0 Å². The monoisotopic (exact) mass is 642 g/mol. The summed E-state index contributed by atoms with van der Waals surface area (Å²) in [5.41, 5.74) is 2.09. The highest BCUT2D eigenvalue weighted by Crippen LogP contribution is 2.52. The molecule has 4 aromatic rings. The Balaban J connectivity index is 2.09. The van der Waals surface area contributed by atoms with E-state index in [1.165, 1.54) is 0 Å². The molecule has 6 nitrogen and oxygen atoms in total. The van der Waals surface area contributed by atoms with Crippen LogP contribution in [-0.4, -0.2) is 56.0 Å². The number of aliphatic hydroxyl groups is 1. The van der Waals surface area contributed by atoms with E-state index in [1.54, 1.807) is 45.7 Å². The molecule has 2 atom stereocenters. The van der Waals surface area contributed by atoms with Gasteiger partial charge in [-0.3, -0.25) is 0 Å². The molecule has 0 saturated carbocycles. The Morgan fingerprint density at radius 3 is 2.05 bits per heavy atom. The lowest BCUT2D eigenvalue weighted by molar-refractivity contribution is 0.000476. The standard InChI is InChI=1S/C34H37Cl3N2O4/c1-6-39(7-2)16-15-34(40,24-18-26(36)20-27(37)19-24)31(28-9-8-10-30(41-3)32(28)42-4)29-17-23(21-38-33(29)43-5)22-11-13-25(35)14-12-22/h8-14,17-21,31,40H,6-7,15-16H2,1-5H3. The van der Waals surface area contributed by atoms with E-state index in [-0.39, 0.29) is 0 Å². The Hall–Kier alpha value is -3.00. The van der Waals surface area contributed by atoms with Crippen LogP contribution in [0.1, 0.15) is 42.9 Å². The summed E-state index contributed by atoms with van der Waals surface area (Å²) in [4.78, 5) is 6.97. The van der Waals surface area contributed by atoms with E-state index in [0.717, 1.165) is 24.2 Å². The van der Waals surface area contributed by atoms with Gasteiger partial charge in [0.2, 0.25) is 5.88 Å². The van der Waals surface area contributed by atoms with Crippen molar-refractivity contribution >= 4 is 34.8 Å². The number of para-hydroxylation sites is 1. The number of rotatable bonds is 13. The van der Waals surface area contributed by atoms with E-state index in [1.807, 2.05) is 48.5 Å². The highest BCUT2D eigenvalue weighted by Gasteiger charge is 2.44. The third-order valence-electron chi connectivity index (χ3n) is 7.85. The minimum Gasteiger partial charge on any atom is -0.493 e. The van der Waals surface area contributed by atoms with Gasteiger partial charge in [0.15, 0.2) is 11.5 Å². The molecule has 0 radical (unpaired) electrons. The van der Waals surface area contributed by atoms with E-state index < -0.39 is 11.5 Å². The number of pyridine rings is 1. The van der Waals surface area contributed by atoms with Crippen LogP contribution in [-0.2, 0) is 5.60 Å². The Labute approximate surface area is 269 Å². The zero-order valence-corrected chi connectivity index (χ0v) is 27.3. The van der Waals surface area contributed by atoms with Gasteiger partial charge in [-0.2, -0.15) is 0 Å². The van der Waals surface area contributed by atoms with Gasteiger partial charge in [-0.25, -0.2) is 4.98 Å². The Morgan fingerprint density at radius 1 is 0.791 bits per heavy atom. The summed E-state index contributed by atoms with van der Waals surface area (Å²) >= 11 is 19.3. The third kappa shape index (κ3) is 7.22. The van der Waals surface area contributed by atoms with Gasteiger partial charge in [0.05, 0.1) is 27.2 Å². The Kier molecular flexibility index (Phi) is 11.2. The number of aromatic nitrogens is 1. The fraction of sp³-hybridized carbons (Fsp3) is 0.324. The second kappa shape index (κ2) is 14.7. The maximum Gasteiger partial charge on any atom is 0.217 e. The van der Waals surface area contributed by atoms with Crippen molar-refractivity contribution in [3.63, 3.8) is 0 Å². The van der Waals surface area contributed by atoms with Crippen LogP contribution in [0.5, 0.6) is 17.4 Å². The van der Waals surface area contributed by atoms with Crippen molar-refractivity contribution in [2.24, 2.45) is 0 Å². The van der Waals surface area contributed by atoms with E-state index in [0.29, 0.717) is 62.1 Å². The normalized spacial score (nSPS) is 13.4. The van der Waals surface area contributed by atoms with Crippen LogP contribution in [0.4, 0.5) is 0 Å². The maximum absolute atomic E-state index is 13.2. The van der Waals surface area contributed by atoms with Crippen molar-refractivity contribution in [2.75, 3.05) is 41.0 Å². The first-order chi connectivity index (χ1) is 20.7. The minimum absolute atomic E-state index is 0.338. The van der Waals surface area contributed by atoms with E-state index in [9.17, 15) is 5.11 Å². The summed E-state index contributed by atoms with van der Waals surface area (Å²) in [7, 11) is 4.74. The van der Waals surface area contributed by atoms with Crippen LogP contribution in [0, 0.1) is 0 Å². The van der Waals surface area contributed by atoms with E-state index in [4.69, 9.17) is 54.0 Å². The Bertz CT molecular complexity index is 1510. The lowest BCUT2D eigenvalue weighted by atomic mass is 9.71. The van der Waals surface area contributed by atoms with Crippen molar-refractivity contribution in [3.05, 3.63) is 105 Å². The van der Waals surface area contributed by atoms with Gasteiger partial charge < -0.3 is 24.2 Å². The fourth-order valence-electron chi connectivity index (χ4n) is 5.60. The van der Waals surface area contributed by atoms with Crippen LogP contribution in [0.3, 0.4) is 0 Å². The quantitative estimate of drug-likeness (QED) is 0.158. The smallest absolute Gasteiger partial charge is 0.217 e. The van der Waals surface area contributed by atoms with Crippen LogP contribution < -0.4 is 14.2 Å². The molecule has 3 aromatic carbocycles. The van der Waals surface area contributed by atoms with Crippen LogP contribution in [0.25, 0.3) is 11.1 Å². The van der Waals surface area contributed by atoms with Crippen molar-refractivity contribution < 1.29 is 19.3 Å². The molecule has 0 spiro atoms. The van der Waals surface area contributed by atoms with Crippen molar-refractivity contribution in [3.8, 4) is 28.5 Å². The molecule has 0 aliphatic rings. The van der Waals surface area contributed by atoms with E-state index >= 15 is 0 Å². The molecule has 1 N–H and O–H groups in total. The zero-order chi connectivity index (χ0) is 31.1. The predicted octanol–water partition coefficient (Wildman–Crippen LogP) is 8.49. The van der Waals surface area contributed by atoms with Crippen LogP contribution in [0.15, 0.2) is 72.9 Å². The van der Waals surface area contributed by atoms with Gasteiger partial charge in [-0.15, -0.1) is 0 Å². The molecule has 0 saturated heterocycles. The van der Waals surface area contributed by atoms with Crippen LogP contribution >= 0.6 is 34.8 Å². The number of hydrogen-bond donors (Lipinski definition) is 1. The van der Waals surface area contributed by atoms with Crippen molar-refractivity contribution in [1.82, 2.24) is 9.88 Å². The average Bonchev–Trinajstić information content (AvgIpc) is 3.01. The van der Waals surface area contributed by atoms with Crippen LogP contribution in [0.2, 0.25) is 15.1 Å². The SMILES string of the molecule is CCN(CC)CCC(O)(c1cc(Cl)cc(Cl)c1)C(c1cc(-c2ccc(Cl)cc2)cnc1OC)c1cccc(OC)c1OC. The van der Waals surface area contributed by atoms with E-state index in [2.05, 4.69) is 18.7 Å². The largest absolute Gasteiger partial charge is 0.493 e. The summed E-state index contributed by atoms with van der Waals surface area (Å²) in [6.07, 6.45) is 2.08. The fourth-order valence-corrected chi connectivity index (χ4v) is 6.25. The van der Waals surface area contributed by atoms with Crippen molar-refractivity contribution in [1.29, 1.82) is 0 Å². The second-order valence-electron chi connectivity index (χ2n) is 10.2. The third-order valence-corrected chi connectivity index (χ3v) is 8.54. The zero-order valence-electron chi connectivity index (χ0n) is 25.0. The molecule has 1 aromatic heterocycles. The predicted molar refractivity (Wildman–Crippen MR) is 175 cm³/mol. The number of benzene rings is 3. The summed E-state index contributed by atoms with van der Waals surface area (Å²) in [5.74, 6) is 0.628. The summed E-state index contributed by atoms with van der Waals surface area (Å²) in [6.45, 7) is 6.46. The molecule has 9 heteroatoms. The van der Waals surface area contributed by atoms with Crippen molar-refractivity contribution in [2.45, 2.75) is 31.8 Å². The highest BCUT2D eigenvalue weighted by atomic mass is 35.5. The molecule has 228 valence electrons. The molecule has 0 fully saturated rings. The summed E-state index contributed by atoms with van der Waals surface area (Å²) in [6, 6.07) is 20.3. The molecule has 2 unspecified atom stereocenters. The molecule has 0 aliphatic heterocycles. The number of nitrogens with zero attached hydrogens (tertiary/aromatic N) is 2. The first-order valence-corrected chi connectivity index (χ1v) is 15.2. The molecule has 0 amide bonds. The molecule has 4 rings (SSSR count). The first-order valence-electron chi connectivity index (χ1n) is 14.1. The molecular weight excluding hydrogens is 607 g/mol. The van der Waals surface area contributed by atoms with Gasteiger partial charge in [-0.05, 0) is 73.1 Å². The highest BCUT2D eigenvalue weighted by molar-refractivity contribution is 6.34. The average molecular weight is 644 g/mol. The molecule has 1 heterocycles. The topological polar surface area (TPSA) is 64.1 Å². The maximum atomic E-state index is 13.2. The molecule has 43 heavy (non-hydrogen) atoms. The molecule has 0 aliphatic carbocycles. The number of hydrogen-bond acceptors (Lipinski definition) is 6. The van der Waals surface area contributed by atoms with Gasteiger partial charge in [0.1, 0.15) is 5.60 Å². The molecular formula is C34H37Cl3N2O4. The van der Waals surface area contributed by atoms with Gasteiger partial charge in [0, 0.05) is 44.5 Å². The Morgan fingerprint density at radius 2 is 1.47 bits per heavy atom. The summed E-state index contributed by atoms with van der Waals surface area (Å²) < 4.78 is 17.5. The lowest BCUT2D eigenvalue weighted by Crippen LogP contribution is -2.39. The minimum atomic E-state index is -1.55.